The zero-order valence-corrected chi connectivity index (χ0v) is 23.1. The van der Waals surface area contributed by atoms with E-state index in [1.807, 2.05) is 42.6 Å². The van der Waals surface area contributed by atoms with Crippen LogP contribution in [0.4, 0.5) is 17.2 Å². The van der Waals surface area contributed by atoms with Gasteiger partial charge in [0, 0.05) is 45.2 Å². The highest BCUT2D eigenvalue weighted by Gasteiger charge is 2.19. The molecule has 0 fully saturated rings. The number of para-hydroxylation sites is 1. The van der Waals surface area contributed by atoms with Crippen molar-refractivity contribution in [2.45, 2.75) is 0 Å². The molecule has 0 unspecified atom stereocenters. The van der Waals surface area contributed by atoms with Crippen LogP contribution in [0.3, 0.4) is 0 Å². The Hall–Kier alpha value is -5.87. The molecule has 0 aliphatic carbocycles. The quantitative estimate of drug-likeness (QED) is 0.218. The molecule has 3 aromatic heterocycles. The van der Waals surface area contributed by atoms with Crippen LogP contribution in [-0.2, 0) is 0 Å². The first-order valence-electron chi connectivity index (χ1n) is 14.4. The zero-order chi connectivity index (χ0) is 28.3. The highest BCUT2D eigenvalue weighted by molar-refractivity contribution is 6.18. The van der Waals surface area contributed by atoms with Gasteiger partial charge in [-0.15, -0.1) is 0 Å². The summed E-state index contributed by atoms with van der Waals surface area (Å²) in [6.07, 6.45) is 1.94. The lowest BCUT2D eigenvalue weighted by molar-refractivity contribution is 0.668. The molecule has 4 heteroatoms. The van der Waals surface area contributed by atoms with Crippen molar-refractivity contribution < 1.29 is 8.83 Å². The summed E-state index contributed by atoms with van der Waals surface area (Å²) in [6, 6.07) is 48.2. The number of hydrogen-bond donors (Lipinski definition) is 0. The summed E-state index contributed by atoms with van der Waals surface area (Å²) in [5.41, 5.74) is 7.73. The lowest BCUT2D eigenvalue weighted by Gasteiger charge is -2.24. The Morgan fingerprint density at radius 2 is 1.12 bits per heavy atom. The SMILES string of the molecule is c1ccc(-c2ccc(N(c3ccc4oc5ccccc5c4c3)c3cc4oc5ccc6ccccc6c5c4cn3)cc2)cc1. The maximum absolute atomic E-state index is 6.43. The minimum atomic E-state index is 0.774. The Labute approximate surface area is 247 Å². The molecule has 0 bridgehead atoms. The van der Waals surface area contributed by atoms with Crippen molar-refractivity contribution in [2.75, 3.05) is 4.90 Å². The van der Waals surface area contributed by atoms with Gasteiger partial charge in [0.2, 0.25) is 0 Å². The van der Waals surface area contributed by atoms with E-state index < -0.39 is 0 Å². The Morgan fingerprint density at radius 3 is 2.00 bits per heavy atom. The topological polar surface area (TPSA) is 42.4 Å². The minimum absolute atomic E-state index is 0.774. The number of hydrogen-bond acceptors (Lipinski definition) is 4. The molecular formula is C39H24N2O2. The van der Waals surface area contributed by atoms with Crippen LogP contribution in [0.5, 0.6) is 0 Å². The molecule has 3 heterocycles. The number of furan rings is 2. The maximum atomic E-state index is 6.43. The predicted molar refractivity (Wildman–Crippen MR) is 176 cm³/mol. The number of rotatable bonds is 4. The van der Waals surface area contributed by atoms with E-state index in [9.17, 15) is 0 Å². The fourth-order valence-electron chi connectivity index (χ4n) is 6.25. The molecule has 0 amide bonds. The average molecular weight is 553 g/mol. The van der Waals surface area contributed by atoms with Crippen LogP contribution >= 0.6 is 0 Å². The second kappa shape index (κ2) is 9.33. The van der Waals surface area contributed by atoms with Gasteiger partial charge in [-0.25, -0.2) is 4.98 Å². The number of nitrogens with zero attached hydrogens (tertiary/aromatic N) is 2. The summed E-state index contributed by atoms with van der Waals surface area (Å²) >= 11 is 0. The number of anilines is 3. The molecule has 0 spiro atoms. The van der Waals surface area contributed by atoms with Crippen LogP contribution in [-0.4, -0.2) is 4.98 Å². The van der Waals surface area contributed by atoms with Crippen LogP contribution in [0.1, 0.15) is 0 Å². The molecule has 6 aromatic carbocycles. The van der Waals surface area contributed by atoms with E-state index in [0.29, 0.717) is 0 Å². The standard InChI is InChI=1S/C39H24N2O2/c1-2-8-25(9-3-1)26-14-17-28(18-15-26)41(29-19-21-35-32(22-29)31-12-6-7-13-34(31)42-35)38-23-37-33(24-40-38)39-30-11-5-4-10-27(30)16-20-36(39)43-37/h1-24H. The molecule has 4 nitrogen and oxygen atoms in total. The monoisotopic (exact) mass is 552 g/mol. The molecule has 0 N–H and O–H groups in total. The summed E-state index contributed by atoms with van der Waals surface area (Å²) in [4.78, 5) is 7.22. The second-order valence-electron chi connectivity index (χ2n) is 10.8. The molecule has 202 valence electrons. The van der Waals surface area contributed by atoms with E-state index in [4.69, 9.17) is 13.8 Å². The molecule has 9 rings (SSSR count). The van der Waals surface area contributed by atoms with Gasteiger partial charge < -0.3 is 8.83 Å². The Balaban J connectivity index is 1.24. The third kappa shape index (κ3) is 3.81. The van der Waals surface area contributed by atoms with Gasteiger partial charge in [0.1, 0.15) is 28.1 Å². The molecule has 0 atom stereocenters. The van der Waals surface area contributed by atoms with E-state index in [1.54, 1.807) is 0 Å². The first kappa shape index (κ1) is 23.8. The second-order valence-corrected chi connectivity index (χ2v) is 10.8. The molecule has 43 heavy (non-hydrogen) atoms. The summed E-state index contributed by atoms with van der Waals surface area (Å²) in [6.45, 7) is 0. The van der Waals surface area contributed by atoms with Crippen LogP contribution in [0, 0.1) is 0 Å². The third-order valence-corrected chi connectivity index (χ3v) is 8.31. The van der Waals surface area contributed by atoms with Gasteiger partial charge in [-0.3, -0.25) is 4.90 Å². The smallest absolute Gasteiger partial charge is 0.141 e. The maximum Gasteiger partial charge on any atom is 0.141 e. The largest absolute Gasteiger partial charge is 0.456 e. The third-order valence-electron chi connectivity index (χ3n) is 8.31. The van der Waals surface area contributed by atoms with E-state index in [1.165, 1.54) is 16.3 Å². The number of pyridine rings is 1. The highest BCUT2D eigenvalue weighted by Crippen LogP contribution is 2.41. The van der Waals surface area contributed by atoms with Crippen molar-refractivity contribution in [3.8, 4) is 11.1 Å². The van der Waals surface area contributed by atoms with E-state index in [0.717, 1.165) is 66.6 Å². The van der Waals surface area contributed by atoms with Crippen molar-refractivity contribution in [1.29, 1.82) is 0 Å². The summed E-state index contributed by atoms with van der Waals surface area (Å²) in [5, 5.41) is 6.60. The molecular weight excluding hydrogens is 528 g/mol. The van der Waals surface area contributed by atoms with Crippen LogP contribution in [0.15, 0.2) is 155 Å². The highest BCUT2D eigenvalue weighted by atomic mass is 16.3. The molecule has 0 saturated heterocycles. The predicted octanol–water partition coefficient (Wildman–Crippen LogP) is 11.2. The zero-order valence-electron chi connectivity index (χ0n) is 23.1. The van der Waals surface area contributed by atoms with E-state index in [2.05, 4.69) is 108 Å². The van der Waals surface area contributed by atoms with Crippen molar-refractivity contribution in [2.24, 2.45) is 0 Å². The molecule has 0 saturated carbocycles. The number of fused-ring (bicyclic) bond motifs is 8. The number of aromatic nitrogens is 1. The summed E-state index contributed by atoms with van der Waals surface area (Å²) in [7, 11) is 0. The van der Waals surface area contributed by atoms with Crippen LogP contribution in [0.25, 0.3) is 65.8 Å². The van der Waals surface area contributed by atoms with Crippen molar-refractivity contribution in [3.63, 3.8) is 0 Å². The van der Waals surface area contributed by atoms with Crippen molar-refractivity contribution in [3.05, 3.63) is 146 Å². The lowest BCUT2D eigenvalue weighted by atomic mass is 10.0. The van der Waals surface area contributed by atoms with Gasteiger partial charge >= 0.3 is 0 Å². The average Bonchev–Trinajstić information content (AvgIpc) is 3.64. The van der Waals surface area contributed by atoms with Gasteiger partial charge in [0.15, 0.2) is 0 Å². The van der Waals surface area contributed by atoms with Gasteiger partial charge in [0.25, 0.3) is 0 Å². The van der Waals surface area contributed by atoms with Gasteiger partial charge in [-0.05, 0) is 64.4 Å². The lowest BCUT2D eigenvalue weighted by Crippen LogP contribution is -2.11. The van der Waals surface area contributed by atoms with Gasteiger partial charge in [0.05, 0.1) is 0 Å². The fourth-order valence-corrected chi connectivity index (χ4v) is 6.25. The van der Waals surface area contributed by atoms with Crippen LogP contribution in [0.2, 0.25) is 0 Å². The number of benzene rings is 6. The molecule has 9 aromatic rings. The summed E-state index contributed by atoms with van der Waals surface area (Å²) < 4.78 is 12.6. The van der Waals surface area contributed by atoms with Crippen molar-refractivity contribution >= 4 is 71.8 Å². The normalized spacial score (nSPS) is 11.7. The van der Waals surface area contributed by atoms with Crippen LogP contribution < -0.4 is 4.90 Å². The Kier molecular flexibility index (Phi) is 5.16. The molecule has 0 aliphatic heterocycles. The van der Waals surface area contributed by atoms with Gasteiger partial charge in [-0.1, -0.05) is 91.0 Å². The minimum Gasteiger partial charge on any atom is -0.456 e. The Bertz CT molecular complexity index is 2450. The first-order chi connectivity index (χ1) is 21.3. The summed E-state index contributed by atoms with van der Waals surface area (Å²) in [5.74, 6) is 0.774. The first-order valence-corrected chi connectivity index (χ1v) is 14.4. The van der Waals surface area contributed by atoms with E-state index >= 15 is 0 Å². The van der Waals surface area contributed by atoms with Gasteiger partial charge in [-0.2, -0.15) is 0 Å². The Morgan fingerprint density at radius 1 is 0.442 bits per heavy atom. The fraction of sp³-hybridized carbons (Fsp3) is 0. The van der Waals surface area contributed by atoms with E-state index in [-0.39, 0.29) is 0 Å². The molecule has 0 radical (unpaired) electrons. The molecule has 0 aliphatic rings. The van der Waals surface area contributed by atoms with Crippen molar-refractivity contribution in [1.82, 2.24) is 4.98 Å².